The molecule has 27 heavy (non-hydrogen) atoms. The third-order valence-electron chi connectivity index (χ3n) is 3.33. The van der Waals surface area contributed by atoms with Gasteiger partial charge in [0, 0.05) is 10.6 Å². The fraction of sp³-hybridized carbons (Fsp3) is 0.167. The summed E-state index contributed by atoms with van der Waals surface area (Å²) in [6, 6.07) is 11.7. The summed E-state index contributed by atoms with van der Waals surface area (Å²) in [5, 5.41) is 11.5. The fourth-order valence-electron chi connectivity index (χ4n) is 1.98. The third-order valence-corrected chi connectivity index (χ3v) is 4.36. The number of esters is 1. The second-order valence-corrected chi connectivity index (χ2v) is 6.72. The molecule has 9 heteroatoms. The lowest BCUT2D eigenvalue weighted by atomic mass is 10.2. The molecule has 1 unspecified atom stereocenters. The van der Waals surface area contributed by atoms with Crippen LogP contribution in [0.5, 0.6) is 0 Å². The molecule has 1 N–H and O–H groups in total. The van der Waals surface area contributed by atoms with Crippen LogP contribution < -0.4 is 5.32 Å². The molecular weight excluding hydrogens is 398 g/mol. The number of carbonyl (C=O) groups is 2. The Morgan fingerprint density at radius 2 is 1.89 bits per heavy atom. The Bertz CT molecular complexity index is 885. The smallest absolute Gasteiger partial charge is 0.338 e. The highest BCUT2D eigenvalue weighted by Crippen LogP contribution is 2.25. The Morgan fingerprint density at radius 1 is 1.22 bits per heavy atom. The van der Waals surface area contributed by atoms with Crippen LogP contribution in [0.1, 0.15) is 22.8 Å². The van der Waals surface area contributed by atoms with E-state index in [1.165, 1.54) is 49.4 Å². The van der Waals surface area contributed by atoms with E-state index in [0.717, 1.165) is 0 Å². The molecule has 0 bridgehead atoms. The molecule has 2 aromatic carbocycles. The lowest BCUT2D eigenvalue weighted by Gasteiger charge is -2.14. The van der Waals surface area contributed by atoms with Gasteiger partial charge in [-0.2, -0.15) is 14.0 Å². The van der Waals surface area contributed by atoms with E-state index in [9.17, 15) is 18.4 Å². The van der Waals surface area contributed by atoms with Crippen molar-refractivity contribution in [1.29, 1.82) is 5.26 Å². The number of ether oxygens (including phenoxy) is 1. The van der Waals surface area contributed by atoms with E-state index in [0.29, 0.717) is 22.3 Å². The van der Waals surface area contributed by atoms with Crippen LogP contribution in [0.15, 0.2) is 47.4 Å². The summed E-state index contributed by atoms with van der Waals surface area (Å²) in [6.07, 6.45) is -1.11. The molecule has 0 aliphatic heterocycles. The van der Waals surface area contributed by atoms with E-state index >= 15 is 0 Å². The van der Waals surface area contributed by atoms with Gasteiger partial charge in [-0.25, -0.2) is 4.79 Å². The lowest BCUT2D eigenvalue weighted by molar-refractivity contribution is -0.123. The molecule has 0 aliphatic rings. The minimum atomic E-state index is -2.55. The fourth-order valence-corrected chi connectivity index (χ4v) is 2.70. The van der Waals surface area contributed by atoms with Crippen LogP contribution in [-0.2, 0) is 9.53 Å². The monoisotopic (exact) mass is 410 g/mol. The Kier molecular flexibility index (Phi) is 7.16. The molecule has 0 radical (unpaired) electrons. The van der Waals surface area contributed by atoms with Crippen LogP contribution in [0, 0.1) is 11.3 Å². The summed E-state index contributed by atoms with van der Waals surface area (Å²) in [4.78, 5) is 24.5. The molecular formula is C18H13ClF2N2O3S. The van der Waals surface area contributed by atoms with Crippen LogP contribution in [0.4, 0.5) is 14.5 Å². The number of anilines is 1. The molecule has 1 atom stereocenters. The highest BCUT2D eigenvalue weighted by atomic mass is 35.5. The summed E-state index contributed by atoms with van der Waals surface area (Å²) in [6.45, 7) is 1.39. The number of hydrogen-bond acceptors (Lipinski definition) is 5. The minimum absolute atomic E-state index is 0.134. The van der Waals surface area contributed by atoms with Crippen LogP contribution in [0.2, 0.25) is 5.02 Å². The Balaban J connectivity index is 1.96. The number of halogens is 3. The zero-order chi connectivity index (χ0) is 20.0. The standard InChI is InChI=1S/C18H13ClF2N2O3S/c1-10(16(24)23-13-5-2-12(9-22)15(19)8-13)26-17(25)11-3-6-14(7-4-11)27-18(20)21/h2-8,10,18H,1H3,(H,23,24). The highest BCUT2D eigenvalue weighted by Gasteiger charge is 2.19. The molecule has 2 aromatic rings. The predicted octanol–water partition coefficient (Wildman–Crippen LogP) is 4.71. The van der Waals surface area contributed by atoms with E-state index in [2.05, 4.69) is 5.32 Å². The quantitative estimate of drug-likeness (QED) is 0.551. The van der Waals surface area contributed by atoms with Gasteiger partial charge in [0.2, 0.25) is 0 Å². The number of thioether (sulfide) groups is 1. The maximum absolute atomic E-state index is 12.3. The van der Waals surface area contributed by atoms with E-state index in [1.807, 2.05) is 6.07 Å². The lowest BCUT2D eigenvalue weighted by Crippen LogP contribution is -2.30. The number of nitriles is 1. The van der Waals surface area contributed by atoms with Gasteiger partial charge in [0.1, 0.15) is 6.07 Å². The molecule has 0 fully saturated rings. The van der Waals surface area contributed by atoms with E-state index < -0.39 is 23.7 Å². The Hall–Kier alpha value is -2.63. The van der Waals surface area contributed by atoms with Gasteiger partial charge in [-0.1, -0.05) is 23.4 Å². The van der Waals surface area contributed by atoms with Gasteiger partial charge in [-0.3, -0.25) is 4.79 Å². The summed E-state index contributed by atoms with van der Waals surface area (Å²) in [5.41, 5.74) is 0.748. The SMILES string of the molecule is CC(OC(=O)c1ccc(SC(F)F)cc1)C(=O)Nc1ccc(C#N)c(Cl)c1. The zero-order valence-electron chi connectivity index (χ0n) is 13.9. The molecule has 140 valence electrons. The molecule has 0 saturated carbocycles. The summed E-state index contributed by atoms with van der Waals surface area (Å²) >= 11 is 6.26. The summed E-state index contributed by atoms with van der Waals surface area (Å²) in [5.74, 6) is -3.90. The summed E-state index contributed by atoms with van der Waals surface area (Å²) in [7, 11) is 0. The van der Waals surface area contributed by atoms with Gasteiger partial charge in [-0.05, 0) is 49.4 Å². The van der Waals surface area contributed by atoms with E-state index in [-0.39, 0.29) is 16.1 Å². The van der Waals surface area contributed by atoms with Crippen molar-refractivity contribution in [3.05, 3.63) is 58.6 Å². The molecule has 0 aromatic heterocycles. The van der Waals surface area contributed by atoms with Crippen LogP contribution in [0.3, 0.4) is 0 Å². The van der Waals surface area contributed by atoms with Crippen LogP contribution in [0.25, 0.3) is 0 Å². The topological polar surface area (TPSA) is 79.2 Å². The van der Waals surface area contributed by atoms with E-state index in [1.54, 1.807) is 0 Å². The first-order chi connectivity index (χ1) is 12.8. The average molecular weight is 411 g/mol. The van der Waals surface area contributed by atoms with Crippen LogP contribution in [-0.4, -0.2) is 23.7 Å². The molecule has 0 spiro atoms. The predicted molar refractivity (Wildman–Crippen MR) is 98.0 cm³/mol. The molecule has 0 heterocycles. The number of rotatable bonds is 6. The van der Waals surface area contributed by atoms with Crippen molar-refractivity contribution in [2.75, 3.05) is 5.32 Å². The molecule has 1 amide bonds. The normalized spacial score (nSPS) is 11.6. The first-order valence-electron chi connectivity index (χ1n) is 7.56. The van der Waals surface area contributed by atoms with Gasteiger partial charge in [-0.15, -0.1) is 0 Å². The molecule has 0 aliphatic carbocycles. The second-order valence-electron chi connectivity index (χ2n) is 5.25. The van der Waals surface area contributed by atoms with E-state index in [4.69, 9.17) is 21.6 Å². The van der Waals surface area contributed by atoms with Gasteiger partial charge in [0.15, 0.2) is 6.10 Å². The molecule has 0 saturated heterocycles. The van der Waals surface area contributed by atoms with Gasteiger partial charge in [0.25, 0.3) is 11.7 Å². The first kappa shape index (κ1) is 20.7. The number of alkyl halides is 2. The van der Waals surface area contributed by atoms with Crippen molar-refractivity contribution in [3.63, 3.8) is 0 Å². The largest absolute Gasteiger partial charge is 0.449 e. The summed E-state index contributed by atoms with van der Waals surface area (Å²) < 4.78 is 29.7. The van der Waals surface area contributed by atoms with Crippen molar-refractivity contribution in [2.24, 2.45) is 0 Å². The van der Waals surface area contributed by atoms with Crippen molar-refractivity contribution < 1.29 is 23.1 Å². The third kappa shape index (κ3) is 5.94. The minimum Gasteiger partial charge on any atom is -0.449 e. The number of hydrogen-bond donors (Lipinski definition) is 1. The van der Waals surface area contributed by atoms with Crippen molar-refractivity contribution in [1.82, 2.24) is 0 Å². The zero-order valence-corrected chi connectivity index (χ0v) is 15.5. The Labute approximate surface area is 163 Å². The number of nitrogens with one attached hydrogen (secondary N) is 1. The maximum Gasteiger partial charge on any atom is 0.338 e. The second kappa shape index (κ2) is 9.35. The van der Waals surface area contributed by atoms with Gasteiger partial charge >= 0.3 is 5.97 Å². The first-order valence-corrected chi connectivity index (χ1v) is 8.82. The van der Waals surface area contributed by atoms with Gasteiger partial charge in [0.05, 0.1) is 16.1 Å². The van der Waals surface area contributed by atoms with Crippen LogP contribution >= 0.6 is 23.4 Å². The number of amides is 1. The number of carbonyl (C=O) groups excluding carboxylic acids is 2. The van der Waals surface area contributed by atoms with Crippen molar-refractivity contribution in [3.8, 4) is 6.07 Å². The Morgan fingerprint density at radius 3 is 2.44 bits per heavy atom. The van der Waals surface area contributed by atoms with Gasteiger partial charge < -0.3 is 10.1 Å². The average Bonchev–Trinajstić information content (AvgIpc) is 2.61. The van der Waals surface area contributed by atoms with Crippen molar-refractivity contribution >= 4 is 40.9 Å². The number of benzene rings is 2. The molecule has 2 rings (SSSR count). The van der Waals surface area contributed by atoms with Crippen molar-refractivity contribution in [2.45, 2.75) is 23.7 Å². The highest BCUT2D eigenvalue weighted by molar-refractivity contribution is 7.99. The maximum atomic E-state index is 12.3. The molecule has 5 nitrogen and oxygen atoms in total. The number of nitrogens with zero attached hydrogens (tertiary/aromatic N) is 1.